The maximum atomic E-state index is 12.9. The van der Waals surface area contributed by atoms with Crippen LogP contribution >= 0.6 is 0 Å². The van der Waals surface area contributed by atoms with Gasteiger partial charge in [0, 0.05) is 17.5 Å². The molecule has 1 aromatic heterocycles. The van der Waals surface area contributed by atoms with Crippen LogP contribution in [0.2, 0.25) is 0 Å². The van der Waals surface area contributed by atoms with Crippen LogP contribution in [-0.4, -0.2) is 129 Å². The second-order valence-corrected chi connectivity index (χ2v) is 10.5. The minimum Gasteiger partial charge on any atom is -0.504 e. The van der Waals surface area contributed by atoms with Crippen LogP contribution < -0.4 is 19.8 Å². The summed E-state index contributed by atoms with van der Waals surface area (Å²) >= 11 is 0. The third-order valence-electron chi connectivity index (χ3n) is 7.48. The lowest BCUT2D eigenvalue weighted by Crippen LogP contribution is -2.60. The number of methoxy groups -OCH3 is 1. The highest BCUT2D eigenvalue weighted by atomic mass is 16.7. The molecular weight excluding hydrogens is 620 g/mol. The molecule has 250 valence electrons. The van der Waals surface area contributed by atoms with Gasteiger partial charge in [0.05, 0.1) is 19.3 Å². The van der Waals surface area contributed by atoms with Crippen molar-refractivity contribution in [1.82, 2.24) is 0 Å². The predicted octanol–water partition coefficient (Wildman–Crippen LogP) is -2.27. The van der Waals surface area contributed by atoms with Gasteiger partial charge in [-0.05, 0) is 30.3 Å². The maximum absolute atomic E-state index is 12.9. The fourth-order valence-corrected chi connectivity index (χ4v) is 4.88. The molecule has 0 saturated carbocycles. The number of carbonyl (C=O) groups excluding carboxylic acids is 1. The van der Waals surface area contributed by atoms with Crippen LogP contribution in [-0.2, 0) is 14.2 Å². The Morgan fingerprint density at radius 1 is 0.761 bits per heavy atom. The number of aliphatic hydroxyl groups excluding tert-OH is 7. The predicted molar refractivity (Wildman–Crippen MR) is 149 cm³/mol. The Kier molecular flexibility index (Phi) is 9.96. The number of aromatic hydroxyl groups is 1. The van der Waals surface area contributed by atoms with Gasteiger partial charge in [-0.15, -0.1) is 0 Å². The first-order valence-corrected chi connectivity index (χ1v) is 13.9. The largest absolute Gasteiger partial charge is 0.504 e. The second kappa shape index (κ2) is 13.8. The molecule has 2 saturated heterocycles. The molecule has 0 unspecified atom stereocenters. The van der Waals surface area contributed by atoms with E-state index in [0.29, 0.717) is 5.39 Å². The smallest absolute Gasteiger partial charge is 0.338 e. The molecule has 46 heavy (non-hydrogen) atoms. The zero-order chi connectivity index (χ0) is 33.3. The molecule has 2 aliphatic heterocycles. The third-order valence-corrected chi connectivity index (χ3v) is 7.48. The van der Waals surface area contributed by atoms with E-state index in [1.54, 1.807) is 0 Å². The lowest BCUT2D eigenvalue weighted by atomic mass is 9.99. The van der Waals surface area contributed by atoms with Crippen molar-refractivity contribution < 1.29 is 78.5 Å². The average molecular weight is 653 g/mol. The van der Waals surface area contributed by atoms with Crippen LogP contribution in [0.15, 0.2) is 51.7 Å². The first-order valence-electron chi connectivity index (χ1n) is 13.9. The van der Waals surface area contributed by atoms with Crippen molar-refractivity contribution in [3.05, 3.63) is 58.4 Å². The van der Waals surface area contributed by atoms with Crippen LogP contribution in [0.25, 0.3) is 11.0 Å². The lowest BCUT2D eigenvalue weighted by Gasteiger charge is -2.40. The molecule has 3 aromatic rings. The fourth-order valence-electron chi connectivity index (χ4n) is 4.88. The highest BCUT2D eigenvalue weighted by molar-refractivity contribution is 5.90. The number of benzene rings is 2. The van der Waals surface area contributed by atoms with Gasteiger partial charge in [-0.25, -0.2) is 9.59 Å². The molecule has 8 N–H and O–H groups in total. The summed E-state index contributed by atoms with van der Waals surface area (Å²) in [7, 11) is 1.26. The molecule has 2 aromatic carbocycles. The van der Waals surface area contributed by atoms with E-state index in [-0.39, 0.29) is 28.4 Å². The summed E-state index contributed by atoms with van der Waals surface area (Å²) in [4.78, 5) is 24.3. The van der Waals surface area contributed by atoms with Crippen molar-refractivity contribution in [3.8, 4) is 23.0 Å². The average Bonchev–Trinajstić information content (AvgIpc) is 3.04. The van der Waals surface area contributed by atoms with E-state index in [2.05, 4.69) is 0 Å². The molecular formula is C29H32O17. The van der Waals surface area contributed by atoms with E-state index < -0.39 is 92.0 Å². The number of carbonyl (C=O) groups is 1. The van der Waals surface area contributed by atoms with E-state index in [0.717, 1.165) is 12.1 Å². The lowest BCUT2D eigenvalue weighted by molar-refractivity contribution is -0.277. The summed E-state index contributed by atoms with van der Waals surface area (Å²) in [6, 6.07) is 8.72. The van der Waals surface area contributed by atoms with Crippen LogP contribution in [0.5, 0.6) is 23.0 Å². The first-order chi connectivity index (χ1) is 21.9. The Morgan fingerprint density at radius 3 is 2.04 bits per heavy atom. The van der Waals surface area contributed by atoms with Crippen LogP contribution in [0.3, 0.4) is 0 Å². The van der Waals surface area contributed by atoms with Crippen molar-refractivity contribution >= 4 is 16.9 Å². The summed E-state index contributed by atoms with van der Waals surface area (Å²) in [6.07, 6.45) is -16.0. The van der Waals surface area contributed by atoms with Crippen molar-refractivity contribution in [2.75, 3.05) is 20.3 Å². The zero-order valence-corrected chi connectivity index (χ0v) is 24.0. The first kappa shape index (κ1) is 33.3. The molecule has 3 heterocycles. The molecule has 0 aliphatic carbocycles. The van der Waals surface area contributed by atoms with E-state index in [4.69, 9.17) is 32.8 Å². The Hall–Kier alpha value is -4.04. The topological polar surface area (TPSA) is 264 Å². The van der Waals surface area contributed by atoms with Crippen LogP contribution in [0.4, 0.5) is 0 Å². The zero-order valence-electron chi connectivity index (χ0n) is 24.0. The minimum atomic E-state index is -1.80. The number of aliphatic hydroxyl groups is 7. The normalized spacial score (nSPS) is 31.3. The molecule has 5 rings (SSSR count). The molecule has 10 atom stereocenters. The Morgan fingerprint density at radius 2 is 1.39 bits per heavy atom. The molecule has 0 bridgehead atoms. The summed E-state index contributed by atoms with van der Waals surface area (Å²) in [5, 5.41) is 81.6. The third kappa shape index (κ3) is 6.73. The van der Waals surface area contributed by atoms with Gasteiger partial charge < -0.3 is 73.7 Å². The number of phenols is 1. The van der Waals surface area contributed by atoms with Gasteiger partial charge in [0.25, 0.3) is 0 Å². The molecule has 2 aliphatic rings. The van der Waals surface area contributed by atoms with Gasteiger partial charge in [-0.3, -0.25) is 0 Å². The summed E-state index contributed by atoms with van der Waals surface area (Å²) < 4.78 is 37.5. The number of hydrogen-bond acceptors (Lipinski definition) is 17. The summed E-state index contributed by atoms with van der Waals surface area (Å²) in [5.74, 6) is -1.68. The van der Waals surface area contributed by atoms with E-state index in [9.17, 15) is 50.4 Å². The Bertz CT molecular complexity index is 1590. The number of rotatable bonds is 9. The van der Waals surface area contributed by atoms with Gasteiger partial charge in [0.2, 0.25) is 12.6 Å². The van der Waals surface area contributed by atoms with Crippen molar-refractivity contribution in [3.63, 3.8) is 0 Å². The fraction of sp³-hybridized carbons (Fsp3) is 0.448. The van der Waals surface area contributed by atoms with E-state index in [1.165, 1.54) is 37.4 Å². The van der Waals surface area contributed by atoms with Crippen LogP contribution in [0.1, 0.15) is 10.4 Å². The molecule has 0 spiro atoms. The van der Waals surface area contributed by atoms with E-state index in [1.807, 2.05) is 0 Å². The number of ether oxygens (including phenoxy) is 6. The molecule has 17 nitrogen and oxygen atoms in total. The van der Waals surface area contributed by atoms with Gasteiger partial charge in [0.15, 0.2) is 23.0 Å². The van der Waals surface area contributed by atoms with Gasteiger partial charge >= 0.3 is 11.6 Å². The SMILES string of the molecule is COc1cc(C(=O)OC[C@H]2O[C@@H](Oc3cc4ccc(=O)oc4cc3O)[C@H](O)[C@@H](O)[C@@H]2O)ccc1O[C@@H]1O[C@H](CO)[C@@H](O)[C@H](O)[C@H]1O. The minimum absolute atomic E-state index is 0.0261. The monoisotopic (exact) mass is 652 g/mol. The molecule has 2 fully saturated rings. The highest BCUT2D eigenvalue weighted by Crippen LogP contribution is 2.35. The maximum Gasteiger partial charge on any atom is 0.338 e. The second-order valence-electron chi connectivity index (χ2n) is 10.5. The quantitative estimate of drug-likeness (QED) is 0.0894. The highest BCUT2D eigenvalue weighted by Gasteiger charge is 2.46. The van der Waals surface area contributed by atoms with E-state index >= 15 is 0 Å². The van der Waals surface area contributed by atoms with Gasteiger partial charge in [-0.1, -0.05) is 0 Å². The summed E-state index contributed by atoms with van der Waals surface area (Å²) in [5.41, 5.74) is -0.644. The van der Waals surface area contributed by atoms with Crippen LogP contribution in [0, 0.1) is 0 Å². The van der Waals surface area contributed by atoms with Crippen molar-refractivity contribution in [1.29, 1.82) is 0 Å². The molecule has 17 heteroatoms. The Balaban J connectivity index is 1.24. The van der Waals surface area contributed by atoms with Gasteiger partial charge in [-0.2, -0.15) is 0 Å². The summed E-state index contributed by atoms with van der Waals surface area (Å²) in [6.45, 7) is -1.29. The molecule has 0 radical (unpaired) electrons. The number of hydrogen-bond donors (Lipinski definition) is 8. The number of fused-ring (bicyclic) bond motifs is 1. The number of phenolic OH excluding ortho intramolecular Hbond substituents is 1. The van der Waals surface area contributed by atoms with Gasteiger partial charge in [0.1, 0.15) is 61.0 Å². The van der Waals surface area contributed by atoms with Crippen molar-refractivity contribution in [2.24, 2.45) is 0 Å². The Labute approximate surface area is 258 Å². The number of esters is 1. The standard InChI is InChI=1S/C29H32O17/c1-40-17-7-12(2-4-14(17)43-28-25(37)23(35)21(33)18(9-30)45-28)27(39)41-10-19-22(34)24(36)26(38)29(46-19)44-16-6-11-3-5-20(32)42-15(11)8-13(16)31/h2-8,18-19,21-26,28-31,33-38H,9-10H2,1H3/t18-,19-,21-,22-,23+,24+,25-,26-,28-,29-/m1/s1. The molecule has 0 amide bonds. The van der Waals surface area contributed by atoms with Crippen molar-refractivity contribution in [2.45, 2.75) is 61.4 Å².